The second kappa shape index (κ2) is 4.49. The van der Waals surface area contributed by atoms with Gasteiger partial charge in [-0.1, -0.05) is 0 Å². The van der Waals surface area contributed by atoms with Gasteiger partial charge < -0.3 is 10.4 Å². The largest absolute Gasteiger partial charge is 0.403 e. The summed E-state index contributed by atoms with van der Waals surface area (Å²) < 4.78 is 36.5. The highest BCUT2D eigenvalue weighted by Gasteiger charge is 2.37. The number of aliphatic hydroxyl groups excluding tert-OH is 1. The molecule has 0 radical (unpaired) electrons. The molecule has 1 unspecified atom stereocenters. The Morgan fingerprint density at radius 3 is 2.14 bits per heavy atom. The number of halogens is 3. The molecule has 1 aliphatic rings. The monoisotopic (exact) mass is 211 g/mol. The summed E-state index contributed by atoms with van der Waals surface area (Å²) in [6.45, 7) is 1.13. The summed E-state index contributed by atoms with van der Waals surface area (Å²) in [5.41, 5.74) is 0. The Balaban J connectivity index is 2.31. The molecule has 0 aromatic rings. The molecule has 1 fully saturated rings. The highest BCUT2D eigenvalue weighted by atomic mass is 19.4. The van der Waals surface area contributed by atoms with Crippen LogP contribution in [0.1, 0.15) is 32.6 Å². The first-order valence-corrected chi connectivity index (χ1v) is 4.90. The summed E-state index contributed by atoms with van der Waals surface area (Å²) in [7, 11) is 0. The van der Waals surface area contributed by atoms with E-state index in [0.29, 0.717) is 25.7 Å². The van der Waals surface area contributed by atoms with Crippen LogP contribution in [-0.2, 0) is 0 Å². The SMILES string of the molecule is CC(NC1CCC(O)CC1)C(F)(F)F. The van der Waals surface area contributed by atoms with Gasteiger partial charge >= 0.3 is 6.18 Å². The second-order valence-corrected chi connectivity index (χ2v) is 3.94. The fraction of sp³-hybridized carbons (Fsp3) is 1.00. The van der Waals surface area contributed by atoms with E-state index in [9.17, 15) is 18.3 Å². The average Bonchev–Trinajstić information content (AvgIpc) is 2.07. The molecule has 0 bridgehead atoms. The maximum Gasteiger partial charge on any atom is 0.403 e. The molecule has 84 valence electrons. The number of alkyl halides is 3. The standard InChI is InChI=1S/C9H16F3NO/c1-6(9(10,11)12)13-7-2-4-8(14)5-3-7/h6-8,13-14H,2-5H2,1H3. The molecule has 0 aromatic carbocycles. The van der Waals surface area contributed by atoms with Crippen molar-refractivity contribution in [2.75, 3.05) is 0 Å². The lowest BCUT2D eigenvalue weighted by Gasteiger charge is -2.29. The quantitative estimate of drug-likeness (QED) is 0.730. The van der Waals surface area contributed by atoms with Crippen molar-refractivity contribution in [3.8, 4) is 0 Å². The predicted octanol–water partition coefficient (Wildman–Crippen LogP) is 1.83. The molecule has 1 rings (SSSR count). The van der Waals surface area contributed by atoms with Crippen molar-refractivity contribution in [2.45, 2.75) is 57.0 Å². The van der Waals surface area contributed by atoms with Gasteiger partial charge in [0.1, 0.15) is 6.04 Å². The first-order chi connectivity index (χ1) is 6.39. The van der Waals surface area contributed by atoms with Crippen molar-refractivity contribution in [1.29, 1.82) is 0 Å². The van der Waals surface area contributed by atoms with E-state index in [1.54, 1.807) is 0 Å². The highest BCUT2D eigenvalue weighted by Crippen LogP contribution is 2.23. The molecular formula is C9H16F3NO. The van der Waals surface area contributed by atoms with Crippen LogP contribution >= 0.6 is 0 Å². The lowest BCUT2D eigenvalue weighted by Crippen LogP contribution is -2.46. The third kappa shape index (κ3) is 3.46. The van der Waals surface area contributed by atoms with Crippen molar-refractivity contribution in [2.24, 2.45) is 0 Å². The molecule has 1 atom stereocenters. The minimum absolute atomic E-state index is 0.102. The van der Waals surface area contributed by atoms with Crippen molar-refractivity contribution in [3.63, 3.8) is 0 Å². The molecule has 2 nitrogen and oxygen atoms in total. The Bertz CT molecular complexity index is 175. The van der Waals surface area contributed by atoms with Crippen LogP contribution in [0, 0.1) is 0 Å². The van der Waals surface area contributed by atoms with Crippen molar-refractivity contribution >= 4 is 0 Å². The minimum atomic E-state index is -4.17. The Kier molecular flexibility index (Phi) is 3.78. The van der Waals surface area contributed by atoms with E-state index in [2.05, 4.69) is 5.32 Å². The van der Waals surface area contributed by atoms with Gasteiger partial charge in [-0.25, -0.2) is 0 Å². The molecule has 0 spiro atoms. The van der Waals surface area contributed by atoms with Crippen LogP contribution < -0.4 is 5.32 Å². The number of hydrogen-bond donors (Lipinski definition) is 2. The molecule has 1 saturated carbocycles. The third-order valence-electron chi connectivity index (χ3n) is 2.67. The van der Waals surface area contributed by atoms with E-state index in [0.717, 1.165) is 6.92 Å². The fourth-order valence-electron chi connectivity index (χ4n) is 1.69. The number of rotatable bonds is 2. The maximum absolute atomic E-state index is 12.2. The van der Waals surface area contributed by atoms with E-state index >= 15 is 0 Å². The van der Waals surface area contributed by atoms with Gasteiger partial charge in [0.2, 0.25) is 0 Å². The molecule has 0 heterocycles. The molecule has 0 aromatic heterocycles. The first kappa shape index (κ1) is 11.8. The Morgan fingerprint density at radius 2 is 1.71 bits per heavy atom. The van der Waals surface area contributed by atoms with Crippen molar-refractivity contribution < 1.29 is 18.3 Å². The lowest BCUT2D eigenvalue weighted by molar-refractivity contribution is -0.154. The number of nitrogens with one attached hydrogen (secondary N) is 1. The van der Waals surface area contributed by atoms with Crippen molar-refractivity contribution in [3.05, 3.63) is 0 Å². The maximum atomic E-state index is 12.2. The molecular weight excluding hydrogens is 195 g/mol. The smallest absolute Gasteiger partial charge is 0.393 e. The summed E-state index contributed by atoms with van der Waals surface area (Å²) in [4.78, 5) is 0. The van der Waals surface area contributed by atoms with Crippen LogP contribution in [0.3, 0.4) is 0 Å². The summed E-state index contributed by atoms with van der Waals surface area (Å²) in [6.07, 6.45) is -2.04. The third-order valence-corrected chi connectivity index (χ3v) is 2.67. The van der Waals surface area contributed by atoms with Gasteiger partial charge in [0, 0.05) is 6.04 Å². The van der Waals surface area contributed by atoms with Gasteiger partial charge in [-0.15, -0.1) is 0 Å². The fourth-order valence-corrected chi connectivity index (χ4v) is 1.69. The van der Waals surface area contributed by atoms with E-state index in [1.807, 2.05) is 0 Å². The molecule has 2 N–H and O–H groups in total. The molecule has 14 heavy (non-hydrogen) atoms. The van der Waals surface area contributed by atoms with Gasteiger partial charge in [0.25, 0.3) is 0 Å². The summed E-state index contributed by atoms with van der Waals surface area (Å²) in [6, 6.07) is -1.56. The Labute approximate surface area is 81.5 Å². The minimum Gasteiger partial charge on any atom is -0.393 e. The van der Waals surface area contributed by atoms with Gasteiger partial charge in [0.05, 0.1) is 6.10 Å². The van der Waals surface area contributed by atoms with Crippen LogP contribution in [0.5, 0.6) is 0 Å². The Morgan fingerprint density at radius 1 is 1.21 bits per heavy atom. The first-order valence-electron chi connectivity index (χ1n) is 4.90. The zero-order chi connectivity index (χ0) is 10.8. The van der Waals surface area contributed by atoms with Gasteiger partial charge in [0.15, 0.2) is 0 Å². The molecule has 0 saturated heterocycles. The number of hydrogen-bond acceptors (Lipinski definition) is 2. The summed E-state index contributed by atoms with van der Waals surface area (Å²) in [5.74, 6) is 0. The van der Waals surface area contributed by atoms with Gasteiger partial charge in [-0.2, -0.15) is 13.2 Å². The summed E-state index contributed by atoms with van der Waals surface area (Å²) >= 11 is 0. The van der Waals surface area contributed by atoms with E-state index < -0.39 is 12.2 Å². The van der Waals surface area contributed by atoms with E-state index in [4.69, 9.17) is 0 Å². The molecule has 0 aliphatic heterocycles. The normalized spacial score (nSPS) is 31.5. The highest BCUT2D eigenvalue weighted by molar-refractivity contribution is 4.81. The van der Waals surface area contributed by atoms with Crippen molar-refractivity contribution in [1.82, 2.24) is 5.32 Å². The zero-order valence-electron chi connectivity index (χ0n) is 8.14. The summed E-state index contributed by atoms with van der Waals surface area (Å²) in [5, 5.41) is 11.7. The Hall–Kier alpha value is -0.290. The molecule has 1 aliphatic carbocycles. The van der Waals surface area contributed by atoms with Gasteiger partial charge in [-0.3, -0.25) is 0 Å². The lowest BCUT2D eigenvalue weighted by atomic mass is 9.92. The predicted molar refractivity (Wildman–Crippen MR) is 46.9 cm³/mol. The zero-order valence-corrected chi connectivity index (χ0v) is 8.14. The van der Waals surface area contributed by atoms with Crippen LogP contribution in [0.15, 0.2) is 0 Å². The number of aliphatic hydroxyl groups is 1. The second-order valence-electron chi connectivity index (χ2n) is 3.94. The average molecular weight is 211 g/mol. The van der Waals surface area contributed by atoms with Crippen LogP contribution in [0.25, 0.3) is 0 Å². The van der Waals surface area contributed by atoms with Gasteiger partial charge in [-0.05, 0) is 32.6 Å². The van der Waals surface area contributed by atoms with Crippen LogP contribution in [0.4, 0.5) is 13.2 Å². The molecule has 5 heteroatoms. The van der Waals surface area contributed by atoms with E-state index in [1.165, 1.54) is 0 Å². The van der Waals surface area contributed by atoms with E-state index in [-0.39, 0.29) is 12.1 Å². The van der Waals surface area contributed by atoms with Crippen LogP contribution in [0.2, 0.25) is 0 Å². The van der Waals surface area contributed by atoms with Crippen LogP contribution in [-0.4, -0.2) is 29.5 Å². The topological polar surface area (TPSA) is 32.3 Å². The molecule has 0 amide bonds.